The van der Waals surface area contributed by atoms with Crippen molar-refractivity contribution in [1.29, 1.82) is 5.26 Å². The number of aliphatic hydroxyl groups is 2. The van der Waals surface area contributed by atoms with Crippen LogP contribution < -0.4 is 10.2 Å². The Morgan fingerprint density at radius 1 is 1.25 bits per heavy atom. The molecule has 3 N–H and O–H groups in total. The maximum atomic E-state index is 9.82. The van der Waals surface area contributed by atoms with E-state index in [1.807, 2.05) is 24.4 Å². The molecule has 0 radical (unpaired) electrons. The minimum absolute atomic E-state index is 0.299. The summed E-state index contributed by atoms with van der Waals surface area (Å²) in [5, 5.41) is 36.0. The lowest BCUT2D eigenvalue weighted by Gasteiger charge is -2.28. The number of rotatable bonds is 5. The van der Waals surface area contributed by atoms with Crippen molar-refractivity contribution in [2.75, 3.05) is 37.7 Å². The van der Waals surface area contributed by atoms with Crippen molar-refractivity contribution in [3.8, 4) is 17.2 Å². The van der Waals surface area contributed by atoms with Gasteiger partial charge in [0, 0.05) is 56.1 Å². The zero-order chi connectivity index (χ0) is 19.5. The zero-order valence-electron chi connectivity index (χ0n) is 15.4. The second-order valence-corrected chi connectivity index (χ2v) is 6.91. The molecule has 4 heterocycles. The molecule has 4 rings (SSSR count). The van der Waals surface area contributed by atoms with E-state index >= 15 is 0 Å². The Morgan fingerprint density at radius 3 is 2.75 bits per heavy atom. The van der Waals surface area contributed by atoms with Crippen LogP contribution in [0.3, 0.4) is 0 Å². The maximum Gasteiger partial charge on any atom is 0.128 e. The van der Waals surface area contributed by atoms with Gasteiger partial charge in [-0.1, -0.05) is 0 Å². The van der Waals surface area contributed by atoms with Crippen LogP contribution in [-0.2, 0) is 6.42 Å². The number of nitrogens with one attached hydrogen (secondary N) is 1. The second-order valence-electron chi connectivity index (χ2n) is 6.91. The number of fused-ring (bicyclic) bond motifs is 1. The smallest absolute Gasteiger partial charge is 0.128 e. The first-order chi connectivity index (χ1) is 13.7. The molecule has 0 aromatic carbocycles. The quantitative estimate of drug-likeness (QED) is 0.595. The molecule has 1 saturated heterocycles. The van der Waals surface area contributed by atoms with Crippen molar-refractivity contribution < 1.29 is 10.2 Å². The van der Waals surface area contributed by atoms with Gasteiger partial charge in [-0.05, 0) is 23.8 Å². The fourth-order valence-corrected chi connectivity index (χ4v) is 3.55. The summed E-state index contributed by atoms with van der Waals surface area (Å²) < 4.78 is 1.65. The number of pyridine rings is 2. The molecular formula is C20H22N6O2. The van der Waals surface area contributed by atoms with Crippen molar-refractivity contribution in [2.45, 2.75) is 12.5 Å². The van der Waals surface area contributed by atoms with Gasteiger partial charge < -0.3 is 20.4 Å². The van der Waals surface area contributed by atoms with E-state index in [0.29, 0.717) is 17.5 Å². The first-order valence-corrected chi connectivity index (χ1v) is 9.31. The highest BCUT2D eigenvalue weighted by molar-refractivity contribution is 5.84. The molecule has 0 saturated carbocycles. The van der Waals surface area contributed by atoms with Gasteiger partial charge in [-0.25, -0.2) is 9.50 Å². The molecule has 0 unspecified atom stereocenters. The number of aromatic nitrogens is 3. The van der Waals surface area contributed by atoms with Crippen molar-refractivity contribution in [1.82, 2.24) is 19.9 Å². The molecule has 8 heteroatoms. The third kappa shape index (κ3) is 3.55. The van der Waals surface area contributed by atoms with Crippen molar-refractivity contribution in [3.05, 3.63) is 47.9 Å². The molecule has 0 aliphatic carbocycles. The van der Waals surface area contributed by atoms with Crippen LogP contribution in [0.1, 0.15) is 11.1 Å². The summed E-state index contributed by atoms with van der Waals surface area (Å²) in [7, 11) is 0. The van der Waals surface area contributed by atoms with Crippen LogP contribution in [0.4, 0.5) is 5.82 Å². The van der Waals surface area contributed by atoms with Gasteiger partial charge in [0.15, 0.2) is 0 Å². The van der Waals surface area contributed by atoms with Crippen LogP contribution in [0.2, 0.25) is 0 Å². The lowest BCUT2D eigenvalue weighted by atomic mass is 10.0. The zero-order valence-corrected chi connectivity index (χ0v) is 15.4. The first-order valence-electron chi connectivity index (χ1n) is 9.31. The van der Waals surface area contributed by atoms with E-state index in [9.17, 15) is 10.4 Å². The third-order valence-corrected chi connectivity index (χ3v) is 4.97. The van der Waals surface area contributed by atoms with Gasteiger partial charge in [-0.3, -0.25) is 0 Å². The highest BCUT2D eigenvalue weighted by atomic mass is 16.3. The summed E-state index contributed by atoms with van der Waals surface area (Å²) in [5.74, 6) is 0.933. The molecule has 1 fully saturated rings. The van der Waals surface area contributed by atoms with E-state index in [2.05, 4.69) is 26.4 Å². The number of nitriles is 1. The molecule has 0 bridgehead atoms. The van der Waals surface area contributed by atoms with E-state index in [0.717, 1.165) is 48.7 Å². The predicted molar refractivity (Wildman–Crippen MR) is 105 cm³/mol. The van der Waals surface area contributed by atoms with Crippen LogP contribution in [0, 0.1) is 11.3 Å². The fraction of sp³-hybridized carbons (Fsp3) is 0.350. The van der Waals surface area contributed by atoms with E-state index in [1.54, 1.807) is 10.7 Å². The van der Waals surface area contributed by atoms with Crippen LogP contribution in [0.15, 0.2) is 36.8 Å². The minimum atomic E-state index is -0.843. The second kappa shape index (κ2) is 7.94. The number of hydrogen-bond acceptors (Lipinski definition) is 7. The molecule has 1 atom stereocenters. The molecule has 144 valence electrons. The Bertz CT molecular complexity index is 1000. The average Bonchev–Trinajstić information content (AvgIpc) is 3.17. The number of nitrogens with zero attached hydrogens (tertiary/aromatic N) is 5. The largest absolute Gasteiger partial charge is 0.394 e. The molecule has 8 nitrogen and oxygen atoms in total. The fourth-order valence-electron chi connectivity index (χ4n) is 3.55. The summed E-state index contributed by atoms with van der Waals surface area (Å²) in [5.41, 5.74) is 3.72. The summed E-state index contributed by atoms with van der Waals surface area (Å²) in [6.45, 7) is 3.43. The lowest BCUT2D eigenvalue weighted by molar-refractivity contribution is 0.0954. The molecule has 0 spiro atoms. The molecule has 1 aliphatic heterocycles. The van der Waals surface area contributed by atoms with Crippen LogP contribution in [-0.4, -0.2) is 63.7 Å². The van der Waals surface area contributed by atoms with E-state index in [1.165, 1.54) is 6.20 Å². The van der Waals surface area contributed by atoms with E-state index in [4.69, 9.17) is 5.11 Å². The number of hydrogen-bond donors (Lipinski definition) is 3. The number of piperazine rings is 1. The summed E-state index contributed by atoms with van der Waals surface area (Å²) in [6.07, 6.45) is 4.58. The van der Waals surface area contributed by atoms with E-state index in [-0.39, 0.29) is 6.61 Å². The SMILES string of the molecule is N#Cc1cnn2cc(C[C@@H](O)CO)cc(-c3ccc(N4CCNCC4)nc3)c12. The van der Waals surface area contributed by atoms with Crippen LogP contribution >= 0.6 is 0 Å². The van der Waals surface area contributed by atoms with Crippen LogP contribution in [0.5, 0.6) is 0 Å². The topological polar surface area (TPSA) is 110 Å². The lowest BCUT2D eigenvalue weighted by Crippen LogP contribution is -2.43. The highest BCUT2D eigenvalue weighted by Crippen LogP contribution is 2.29. The first kappa shape index (κ1) is 18.4. The Hall–Kier alpha value is -2.99. The average molecular weight is 378 g/mol. The Kier molecular flexibility index (Phi) is 5.21. The van der Waals surface area contributed by atoms with Crippen LogP contribution in [0.25, 0.3) is 16.6 Å². The maximum absolute atomic E-state index is 9.82. The molecule has 3 aromatic rings. The summed E-state index contributed by atoms with van der Waals surface area (Å²) >= 11 is 0. The standard InChI is InChI=1S/C20H22N6O2/c21-9-16-11-24-26-12-14(7-17(28)13-27)8-18(20(16)26)15-1-2-19(23-10-15)25-5-3-22-4-6-25/h1-2,8,10-12,17,22,27-28H,3-7,13H2/t17-/m1/s1. The third-order valence-electron chi connectivity index (χ3n) is 4.97. The minimum Gasteiger partial charge on any atom is -0.394 e. The summed E-state index contributed by atoms with van der Waals surface area (Å²) in [6, 6.07) is 8.11. The monoisotopic (exact) mass is 378 g/mol. The van der Waals surface area contributed by atoms with Gasteiger partial charge in [-0.15, -0.1) is 0 Å². The normalized spacial score (nSPS) is 15.5. The van der Waals surface area contributed by atoms with Gasteiger partial charge >= 0.3 is 0 Å². The highest BCUT2D eigenvalue weighted by Gasteiger charge is 2.16. The van der Waals surface area contributed by atoms with Gasteiger partial charge in [0.1, 0.15) is 11.9 Å². The molecule has 28 heavy (non-hydrogen) atoms. The van der Waals surface area contributed by atoms with Crippen molar-refractivity contribution in [2.24, 2.45) is 0 Å². The Labute approximate surface area is 162 Å². The number of anilines is 1. The van der Waals surface area contributed by atoms with Crippen molar-refractivity contribution in [3.63, 3.8) is 0 Å². The van der Waals surface area contributed by atoms with Gasteiger partial charge in [0.2, 0.25) is 0 Å². The Morgan fingerprint density at radius 2 is 2.07 bits per heavy atom. The number of aliphatic hydroxyl groups excluding tert-OH is 2. The molecule has 0 amide bonds. The molecule has 3 aromatic heterocycles. The predicted octanol–water partition coefficient (Wildman–Crippen LogP) is 0.573. The molecule has 1 aliphatic rings. The van der Waals surface area contributed by atoms with Gasteiger partial charge in [0.05, 0.1) is 30.0 Å². The molecular weight excluding hydrogens is 356 g/mol. The van der Waals surface area contributed by atoms with Gasteiger partial charge in [-0.2, -0.15) is 10.4 Å². The summed E-state index contributed by atoms with van der Waals surface area (Å²) in [4.78, 5) is 6.87. The van der Waals surface area contributed by atoms with Crippen molar-refractivity contribution >= 4 is 11.3 Å². The van der Waals surface area contributed by atoms with E-state index < -0.39 is 6.10 Å². The Balaban J connectivity index is 1.75. The van der Waals surface area contributed by atoms with Gasteiger partial charge in [0.25, 0.3) is 0 Å².